The molecule has 1 N–H and O–H groups in total. The molecule has 1 aromatic rings. The molecule has 1 saturated heterocycles. The first kappa shape index (κ1) is 10.6. The number of benzene rings is 1. The minimum atomic E-state index is -0.363. The molecular formula is C12H15FO2. The van der Waals surface area contributed by atoms with Crippen molar-refractivity contribution >= 4 is 0 Å². The Morgan fingerprint density at radius 2 is 2.20 bits per heavy atom. The third kappa shape index (κ3) is 2.55. The first-order chi connectivity index (χ1) is 7.27. The van der Waals surface area contributed by atoms with Crippen LogP contribution in [0, 0.1) is 11.7 Å². The molecule has 0 aromatic heterocycles. The predicted octanol–water partition coefficient (Wildman–Crippen LogP) is 1.77. The fourth-order valence-corrected chi connectivity index (χ4v) is 1.93. The van der Waals surface area contributed by atoms with Crippen LogP contribution < -0.4 is 0 Å². The van der Waals surface area contributed by atoms with Crippen molar-refractivity contribution in [2.75, 3.05) is 13.2 Å². The maximum atomic E-state index is 13.3. The number of aliphatic hydroxyl groups excluding tert-OH is 1. The highest BCUT2D eigenvalue weighted by Crippen LogP contribution is 2.20. The van der Waals surface area contributed by atoms with E-state index >= 15 is 0 Å². The van der Waals surface area contributed by atoms with Gasteiger partial charge in [0.05, 0.1) is 12.7 Å². The summed E-state index contributed by atoms with van der Waals surface area (Å²) in [6.07, 6.45) is 0.839. The second-order valence-electron chi connectivity index (χ2n) is 3.99. The number of ether oxygens (including phenoxy) is 1. The summed E-state index contributed by atoms with van der Waals surface area (Å²) >= 11 is 0. The summed E-state index contributed by atoms with van der Waals surface area (Å²) in [6.45, 7) is 1.13. The molecule has 2 rings (SSSR count). The number of hydrogen-bond donors (Lipinski definition) is 1. The van der Waals surface area contributed by atoms with E-state index < -0.39 is 0 Å². The van der Waals surface area contributed by atoms with Gasteiger partial charge in [0.1, 0.15) is 5.82 Å². The zero-order valence-electron chi connectivity index (χ0n) is 8.53. The first-order valence-electron chi connectivity index (χ1n) is 5.26. The van der Waals surface area contributed by atoms with E-state index in [1.165, 1.54) is 6.07 Å². The third-order valence-corrected chi connectivity index (χ3v) is 2.87. The van der Waals surface area contributed by atoms with Crippen LogP contribution in [-0.4, -0.2) is 24.4 Å². The molecule has 0 spiro atoms. The van der Waals surface area contributed by atoms with Crippen molar-refractivity contribution in [3.05, 3.63) is 35.6 Å². The fraction of sp³-hybridized carbons (Fsp3) is 0.500. The largest absolute Gasteiger partial charge is 0.393 e. The maximum absolute atomic E-state index is 13.3. The molecule has 82 valence electrons. The van der Waals surface area contributed by atoms with Gasteiger partial charge in [-0.05, 0) is 24.5 Å². The van der Waals surface area contributed by atoms with Gasteiger partial charge in [-0.1, -0.05) is 18.2 Å². The molecule has 3 heteroatoms. The van der Waals surface area contributed by atoms with Crippen LogP contribution in [0.3, 0.4) is 0 Å². The highest BCUT2D eigenvalue weighted by atomic mass is 19.1. The van der Waals surface area contributed by atoms with Gasteiger partial charge < -0.3 is 9.84 Å². The summed E-state index contributed by atoms with van der Waals surface area (Å²) in [7, 11) is 0. The molecular weight excluding hydrogens is 195 g/mol. The summed E-state index contributed by atoms with van der Waals surface area (Å²) in [5, 5.41) is 9.72. The van der Waals surface area contributed by atoms with Crippen molar-refractivity contribution in [2.45, 2.75) is 18.9 Å². The molecule has 0 radical (unpaired) electrons. The van der Waals surface area contributed by atoms with Gasteiger partial charge in [0.25, 0.3) is 0 Å². The standard InChI is InChI=1S/C12H15FO2/c13-11-4-2-1-3-9(11)7-10-8-15-6-5-12(10)14/h1-4,10,12,14H,5-8H2/t10-,12+/m0/s1. The number of hydrogen-bond acceptors (Lipinski definition) is 2. The van der Waals surface area contributed by atoms with Crippen LogP contribution in [-0.2, 0) is 11.2 Å². The Kier molecular flexibility index (Phi) is 3.34. The van der Waals surface area contributed by atoms with Crippen molar-refractivity contribution in [3.8, 4) is 0 Å². The number of aliphatic hydroxyl groups is 1. The van der Waals surface area contributed by atoms with Gasteiger partial charge >= 0.3 is 0 Å². The Morgan fingerprint density at radius 3 is 2.93 bits per heavy atom. The smallest absolute Gasteiger partial charge is 0.126 e. The van der Waals surface area contributed by atoms with Crippen molar-refractivity contribution in [2.24, 2.45) is 5.92 Å². The molecule has 1 aliphatic heterocycles. The van der Waals surface area contributed by atoms with Crippen LogP contribution in [0.25, 0.3) is 0 Å². The SMILES string of the molecule is O[C@@H]1CCOC[C@@H]1Cc1ccccc1F. The second kappa shape index (κ2) is 4.73. The fourth-order valence-electron chi connectivity index (χ4n) is 1.93. The van der Waals surface area contributed by atoms with Crippen LogP contribution in [0.1, 0.15) is 12.0 Å². The topological polar surface area (TPSA) is 29.5 Å². The zero-order valence-corrected chi connectivity index (χ0v) is 8.53. The Morgan fingerprint density at radius 1 is 1.40 bits per heavy atom. The lowest BCUT2D eigenvalue weighted by Gasteiger charge is -2.27. The highest BCUT2D eigenvalue weighted by Gasteiger charge is 2.24. The highest BCUT2D eigenvalue weighted by molar-refractivity contribution is 5.18. The quantitative estimate of drug-likeness (QED) is 0.806. The van der Waals surface area contributed by atoms with E-state index in [2.05, 4.69) is 0 Å². The molecule has 0 saturated carbocycles. The van der Waals surface area contributed by atoms with Crippen LogP contribution in [0.5, 0.6) is 0 Å². The van der Waals surface area contributed by atoms with Crippen LogP contribution in [0.4, 0.5) is 4.39 Å². The molecule has 0 amide bonds. The van der Waals surface area contributed by atoms with E-state index in [-0.39, 0.29) is 17.8 Å². The van der Waals surface area contributed by atoms with Crippen molar-refractivity contribution in [1.82, 2.24) is 0 Å². The molecule has 1 fully saturated rings. The summed E-state index contributed by atoms with van der Waals surface area (Å²) in [6, 6.07) is 6.70. The van der Waals surface area contributed by atoms with Gasteiger partial charge in [0.15, 0.2) is 0 Å². The summed E-state index contributed by atoms with van der Waals surface area (Å²) in [4.78, 5) is 0. The van der Waals surface area contributed by atoms with E-state index in [4.69, 9.17) is 4.74 Å². The molecule has 2 atom stereocenters. The van der Waals surface area contributed by atoms with Crippen molar-refractivity contribution in [1.29, 1.82) is 0 Å². The zero-order chi connectivity index (χ0) is 10.7. The lowest BCUT2D eigenvalue weighted by atomic mass is 9.91. The third-order valence-electron chi connectivity index (χ3n) is 2.87. The Balaban J connectivity index is 2.04. The molecule has 2 nitrogen and oxygen atoms in total. The molecule has 0 bridgehead atoms. The van der Waals surface area contributed by atoms with Gasteiger partial charge in [-0.3, -0.25) is 0 Å². The molecule has 1 heterocycles. The van der Waals surface area contributed by atoms with E-state index in [0.29, 0.717) is 31.6 Å². The Hall–Kier alpha value is -0.930. The van der Waals surface area contributed by atoms with Crippen LogP contribution in [0.2, 0.25) is 0 Å². The average Bonchev–Trinajstić information content (AvgIpc) is 2.24. The van der Waals surface area contributed by atoms with Crippen LogP contribution >= 0.6 is 0 Å². The lowest BCUT2D eigenvalue weighted by molar-refractivity contribution is -0.0352. The van der Waals surface area contributed by atoms with Gasteiger partial charge in [0, 0.05) is 12.5 Å². The lowest BCUT2D eigenvalue weighted by Crippen LogP contribution is -2.33. The van der Waals surface area contributed by atoms with Gasteiger partial charge in [-0.15, -0.1) is 0 Å². The average molecular weight is 210 g/mol. The molecule has 0 unspecified atom stereocenters. The Bertz CT molecular complexity index is 327. The summed E-state index contributed by atoms with van der Waals surface area (Å²) < 4.78 is 18.6. The normalized spacial score (nSPS) is 26.5. The molecule has 15 heavy (non-hydrogen) atoms. The predicted molar refractivity (Wildman–Crippen MR) is 55.0 cm³/mol. The van der Waals surface area contributed by atoms with E-state index in [0.717, 1.165) is 0 Å². The van der Waals surface area contributed by atoms with Gasteiger partial charge in [-0.25, -0.2) is 4.39 Å². The molecule has 0 aliphatic carbocycles. The minimum absolute atomic E-state index is 0.0237. The Labute approximate surface area is 88.7 Å². The second-order valence-corrected chi connectivity index (χ2v) is 3.99. The monoisotopic (exact) mass is 210 g/mol. The first-order valence-corrected chi connectivity index (χ1v) is 5.26. The summed E-state index contributed by atoms with van der Waals surface area (Å²) in [5.41, 5.74) is 0.659. The number of rotatable bonds is 2. The molecule has 1 aliphatic rings. The minimum Gasteiger partial charge on any atom is -0.393 e. The van der Waals surface area contributed by atoms with E-state index in [1.807, 2.05) is 6.07 Å². The van der Waals surface area contributed by atoms with Crippen LogP contribution in [0.15, 0.2) is 24.3 Å². The number of halogens is 1. The van der Waals surface area contributed by atoms with Gasteiger partial charge in [0.2, 0.25) is 0 Å². The van der Waals surface area contributed by atoms with Crippen molar-refractivity contribution < 1.29 is 14.2 Å². The van der Waals surface area contributed by atoms with E-state index in [9.17, 15) is 9.50 Å². The van der Waals surface area contributed by atoms with E-state index in [1.54, 1.807) is 12.1 Å². The summed E-state index contributed by atoms with van der Waals surface area (Å²) in [5.74, 6) is -0.175. The molecule has 1 aromatic carbocycles. The maximum Gasteiger partial charge on any atom is 0.126 e. The van der Waals surface area contributed by atoms with Gasteiger partial charge in [-0.2, -0.15) is 0 Å². The van der Waals surface area contributed by atoms with Crippen molar-refractivity contribution in [3.63, 3.8) is 0 Å².